The largest absolute Gasteiger partial charge is 0.352 e. The maximum Gasteiger partial charge on any atom is 0.246 e. The first-order chi connectivity index (χ1) is 16.4. The molecular weight excluding hydrogens is 428 g/mol. The highest BCUT2D eigenvalue weighted by Gasteiger charge is 2.31. The highest BCUT2D eigenvalue weighted by atomic mass is 16.2. The van der Waals surface area contributed by atoms with Crippen molar-refractivity contribution in [2.45, 2.75) is 97.2 Å². The third kappa shape index (κ3) is 6.02. The molecule has 184 valence electrons. The SMILES string of the molecule is Cc1ccc(-c2nnn(CC(=O)N(CC3CCCCC3)C(C)C(=O)NC3CCCC3)n2)cc1C. The van der Waals surface area contributed by atoms with Gasteiger partial charge in [0, 0.05) is 18.2 Å². The molecule has 2 saturated carbocycles. The molecule has 2 aromatic rings. The highest BCUT2D eigenvalue weighted by molar-refractivity contribution is 5.87. The van der Waals surface area contributed by atoms with Crippen molar-refractivity contribution >= 4 is 11.8 Å². The first-order valence-corrected chi connectivity index (χ1v) is 12.9. The van der Waals surface area contributed by atoms with Gasteiger partial charge in [0.25, 0.3) is 0 Å². The fraction of sp³-hybridized carbons (Fsp3) is 0.654. The van der Waals surface area contributed by atoms with Gasteiger partial charge in [-0.15, -0.1) is 10.2 Å². The molecule has 1 heterocycles. The van der Waals surface area contributed by atoms with Crippen molar-refractivity contribution in [2.24, 2.45) is 5.92 Å². The van der Waals surface area contributed by atoms with Crippen LogP contribution in [0.4, 0.5) is 0 Å². The Bertz CT molecular complexity index is 991. The number of aromatic nitrogens is 4. The molecule has 1 N–H and O–H groups in total. The van der Waals surface area contributed by atoms with Crippen LogP contribution >= 0.6 is 0 Å². The second-order valence-corrected chi connectivity index (χ2v) is 10.2. The van der Waals surface area contributed by atoms with Gasteiger partial charge in [-0.2, -0.15) is 4.80 Å². The minimum absolute atomic E-state index is 0.0222. The topological polar surface area (TPSA) is 93.0 Å². The van der Waals surface area contributed by atoms with E-state index in [1.54, 1.807) is 4.90 Å². The maximum atomic E-state index is 13.4. The zero-order valence-corrected chi connectivity index (χ0v) is 20.8. The first kappa shape index (κ1) is 24.4. The average molecular weight is 467 g/mol. The molecule has 8 nitrogen and oxygen atoms in total. The van der Waals surface area contributed by atoms with Crippen LogP contribution < -0.4 is 5.32 Å². The molecule has 0 spiro atoms. The van der Waals surface area contributed by atoms with Gasteiger partial charge in [0.05, 0.1) is 0 Å². The zero-order valence-electron chi connectivity index (χ0n) is 20.8. The smallest absolute Gasteiger partial charge is 0.246 e. The quantitative estimate of drug-likeness (QED) is 0.639. The molecule has 2 fully saturated rings. The van der Waals surface area contributed by atoms with E-state index in [0.717, 1.165) is 49.7 Å². The lowest BCUT2D eigenvalue weighted by atomic mass is 9.88. The molecule has 2 amide bonds. The summed E-state index contributed by atoms with van der Waals surface area (Å²) in [6.45, 7) is 6.55. The van der Waals surface area contributed by atoms with E-state index in [1.807, 2.05) is 32.0 Å². The van der Waals surface area contributed by atoms with E-state index in [4.69, 9.17) is 0 Å². The summed E-state index contributed by atoms with van der Waals surface area (Å²) < 4.78 is 0. The molecule has 2 aliphatic rings. The Hall–Kier alpha value is -2.77. The number of hydrogen-bond acceptors (Lipinski definition) is 5. The lowest BCUT2D eigenvalue weighted by Gasteiger charge is -2.33. The predicted molar refractivity (Wildman–Crippen MR) is 131 cm³/mol. The number of benzene rings is 1. The number of carbonyl (C=O) groups excluding carboxylic acids is 2. The van der Waals surface area contributed by atoms with Crippen LogP contribution in [0.15, 0.2) is 18.2 Å². The molecule has 1 aromatic heterocycles. The van der Waals surface area contributed by atoms with Crippen molar-refractivity contribution in [2.75, 3.05) is 6.54 Å². The molecule has 1 atom stereocenters. The Morgan fingerprint density at radius 2 is 1.76 bits per heavy atom. The highest BCUT2D eigenvalue weighted by Crippen LogP contribution is 2.26. The summed E-state index contributed by atoms with van der Waals surface area (Å²) in [5.41, 5.74) is 3.24. The van der Waals surface area contributed by atoms with Gasteiger partial charge >= 0.3 is 0 Å². The molecule has 0 bridgehead atoms. The van der Waals surface area contributed by atoms with Gasteiger partial charge < -0.3 is 10.2 Å². The Labute approximate surface area is 202 Å². The van der Waals surface area contributed by atoms with Gasteiger partial charge in [0.2, 0.25) is 17.6 Å². The first-order valence-electron chi connectivity index (χ1n) is 12.9. The summed E-state index contributed by atoms with van der Waals surface area (Å²) >= 11 is 0. The molecule has 34 heavy (non-hydrogen) atoms. The van der Waals surface area contributed by atoms with Crippen LogP contribution in [-0.2, 0) is 16.1 Å². The standard InChI is InChI=1S/C26H38N6O2/c1-18-13-14-22(15-19(18)2)25-28-30-32(29-25)17-24(33)31(16-21-9-5-4-6-10-21)20(3)26(34)27-23-11-7-8-12-23/h13-15,20-21,23H,4-12,16-17H2,1-3H3,(H,27,34). The summed E-state index contributed by atoms with van der Waals surface area (Å²) in [6.07, 6.45) is 10.2. The van der Waals surface area contributed by atoms with E-state index in [0.29, 0.717) is 18.3 Å². The molecule has 0 aliphatic heterocycles. The molecular formula is C26H38N6O2. The summed E-state index contributed by atoms with van der Waals surface area (Å²) in [6, 6.07) is 5.75. The number of amides is 2. The fourth-order valence-corrected chi connectivity index (χ4v) is 5.18. The summed E-state index contributed by atoms with van der Waals surface area (Å²) in [5.74, 6) is 0.748. The molecule has 1 aromatic carbocycles. The van der Waals surface area contributed by atoms with E-state index >= 15 is 0 Å². The molecule has 1 unspecified atom stereocenters. The minimum Gasteiger partial charge on any atom is -0.352 e. The fourth-order valence-electron chi connectivity index (χ4n) is 5.18. The van der Waals surface area contributed by atoms with Gasteiger partial charge in [-0.05, 0) is 74.8 Å². The average Bonchev–Trinajstić information content (AvgIpc) is 3.52. The third-order valence-electron chi connectivity index (χ3n) is 7.54. The predicted octanol–water partition coefficient (Wildman–Crippen LogP) is 3.81. The number of nitrogens with one attached hydrogen (secondary N) is 1. The normalized spacial score (nSPS) is 18.1. The molecule has 8 heteroatoms. The van der Waals surface area contributed by atoms with Crippen molar-refractivity contribution in [3.05, 3.63) is 29.3 Å². The monoisotopic (exact) mass is 466 g/mol. The third-order valence-corrected chi connectivity index (χ3v) is 7.54. The van der Waals surface area contributed by atoms with E-state index in [2.05, 4.69) is 27.7 Å². The van der Waals surface area contributed by atoms with Crippen molar-refractivity contribution < 1.29 is 9.59 Å². The Morgan fingerprint density at radius 3 is 2.47 bits per heavy atom. The molecule has 0 radical (unpaired) electrons. The van der Waals surface area contributed by atoms with Crippen LogP contribution in [0.2, 0.25) is 0 Å². The summed E-state index contributed by atoms with van der Waals surface area (Å²) in [4.78, 5) is 29.6. The van der Waals surface area contributed by atoms with Crippen molar-refractivity contribution in [3.8, 4) is 11.4 Å². The number of carbonyl (C=O) groups is 2. The lowest BCUT2D eigenvalue weighted by Crippen LogP contribution is -2.52. The van der Waals surface area contributed by atoms with Gasteiger partial charge in [-0.25, -0.2) is 0 Å². The van der Waals surface area contributed by atoms with E-state index < -0.39 is 6.04 Å². The van der Waals surface area contributed by atoms with Gasteiger partial charge in [0.15, 0.2) is 0 Å². The maximum absolute atomic E-state index is 13.4. The lowest BCUT2D eigenvalue weighted by molar-refractivity contribution is -0.141. The second-order valence-electron chi connectivity index (χ2n) is 10.2. The second kappa shape index (κ2) is 11.1. The number of aryl methyl sites for hydroxylation is 2. The van der Waals surface area contributed by atoms with Crippen LogP contribution in [-0.4, -0.2) is 55.5 Å². The van der Waals surface area contributed by atoms with Gasteiger partial charge in [-0.3, -0.25) is 9.59 Å². The van der Waals surface area contributed by atoms with Crippen LogP contribution in [0, 0.1) is 19.8 Å². The number of rotatable bonds is 8. The minimum atomic E-state index is -0.516. The summed E-state index contributed by atoms with van der Waals surface area (Å²) in [5, 5.41) is 15.9. The Kier molecular flexibility index (Phi) is 7.95. The van der Waals surface area contributed by atoms with E-state index in [-0.39, 0.29) is 24.4 Å². The van der Waals surface area contributed by atoms with Crippen LogP contribution in [0.1, 0.15) is 75.8 Å². The molecule has 2 aliphatic carbocycles. The van der Waals surface area contributed by atoms with E-state index in [9.17, 15) is 9.59 Å². The number of hydrogen-bond donors (Lipinski definition) is 1. The zero-order chi connectivity index (χ0) is 24.1. The summed E-state index contributed by atoms with van der Waals surface area (Å²) in [7, 11) is 0. The van der Waals surface area contributed by atoms with Crippen molar-refractivity contribution in [1.29, 1.82) is 0 Å². The van der Waals surface area contributed by atoms with Crippen LogP contribution in [0.25, 0.3) is 11.4 Å². The van der Waals surface area contributed by atoms with Crippen molar-refractivity contribution in [3.63, 3.8) is 0 Å². The Morgan fingerprint density at radius 1 is 1.06 bits per heavy atom. The van der Waals surface area contributed by atoms with Crippen LogP contribution in [0.5, 0.6) is 0 Å². The van der Waals surface area contributed by atoms with Gasteiger partial charge in [0.1, 0.15) is 12.6 Å². The number of tetrazole rings is 1. The van der Waals surface area contributed by atoms with Gasteiger partial charge in [-0.1, -0.05) is 44.2 Å². The van der Waals surface area contributed by atoms with E-state index in [1.165, 1.54) is 29.6 Å². The Balaban J connectivity index is 1.46. The van der Waals surface area contributed by atoms with Crippen molar-refractivity contribution in [1.82, 2.24) is 30.4 Å². The number of nitrogens with zero attached hydrogens (tertiary/aromatic N) is 5. The van der Waals surface area contributed by atoms with Crippen LogP contribution in [0.3, 0.4) is 0 Å². The molecule has 4 rings (SSSR count). The molecule has 0 saturated heterocycles.